The Morgan fingerprint density at radius 3 is 2.93 bits per heavy atom. The van der Waals surface area contributed by atoms with Crippen molar-refractivity contribution in [2.24, 2.45) is 0 Å². The second-order valence-electron chi connectivity index (χ2n) is 7.43. The molecule has 1 unspecified atom stereocenters. The highest BCUT2D eigenvalue weighted by molar-refractivity contribution is 7.13. The van der Waals surface area contributed by atoms with Crippen molar-refractivity contribution in [3.63, 3.8) is 0 Å². The van der Waals surface area contributed by atoms with Gasteiger partial charge in [-0.25, -0.2) is 4.98 Å². The monoisotopic (exact) mass is 394 g/mol. The molecule has 0 aliphatic carbocycles. The highest BCUT2D eigenvalue weighted by atomic mass is 32.1. The minimum atomic E-state index is 0.150. The Labute approximate surface area is 170 Å². The normalized spacial score (nSPS) is 16.6. The van der Waals surface area contributed by atoms with Crippen molar-refractivity contribution in [2.75, 3.05) is 13.2 Å². The first-order chi connectivity index (χ1) is 13.6. The second kappa shape index (κ2) is 8.41. The Hall–Kier alpha value is -2.24. The number of hydrogen-bond acceptors (Lipinski definition) is 4. The van der Waals surface area contributed by atoms with Gasteiger partial charge in [0.2, 0.25) is 5.91 Å². The molecule has 1 aromatic carbocycles. The molecule has 1 amide bonds. The van der Waals surface area contributed by atoms with E-state index in [0.29, 0.717) is 19.5 Å². The van der Waals surface area contributed by atoms with Gasteiger partial charge in [-0.05, 0) is 54.5 Å². The fourth-order valence-electron chi connectivity index (χ4n) is 3.79. The van der Waals surface area contributed by atoms with Crippen molar-refractivity contribution >= 4 is 28.1 Å². The molecule has 146 valence electrons. The number of thiophene rings is 1. The number of fused-ring (bicyclic) bond motifs is 1. The molecule has 3 heterocycles. The third-order valence-corrected chi connectivity index (χ3v) is 6.15. The van der Waals surface area contributed by atoms with Crippen LogP contribution in [0.1, 0.15) is 37.3 Å². The maximum absolute atomic E-state index is 12.7. The second-order valence-corrected chi connectivity index (χ2v) is 8.38. The van der Waals surface area contributed by atoms with E-state index in [-0.39, 0.29) is 12.0 Å². The maximum Gasteiger partial charge on any atom is 0.222 e. The van der Waals surface area contributed by atoms with Gasteiger partial charge in [-0.3, -0.25) is 4.79 Å². The fourth-order valence-corrected chi connectivity index (χ4v) is 4.54. The van der Waals surface area contributed by atoms with E-state index in [2.05, 4.69) is 42.6 Å². The van der Waals surface area contributed by atoms with Crippen LogP contribution in [0.15, 0.2) is 41.8 Å². The van der Waals surface area contributed by atoms with Gasteiger partial charge in [0.05, 0.1) is 22.2 Å². The molecule has 4 nitrogen and oxygen atoms in total. The summed E-state index contributed by atoms with van der Waals surface area (Å²) in [6, 6.07) is 12.7. The van der Waals surface area contributed by atoms with Crippen LogP contribution in [0.4, 0.5) is 0 Å². The molecule has 0 bridgehead atoms. The van der Waals surface area contributed by atoms with Gasteiger partial charge < -0.3 is 9.64 Å². The molecule has 5 heteroatoms. The van der Waals surface area contributed by atoms with Crippen LogP contribution in [-0.2, 0) is 16.1 Å². The summed E-state index contributed by atoms with van der Waals surface area (Å²) in [5.74, 6) is 0.164. The predicted octanol–water partition coefficient (Wildman–Crippen LogP) is 5.19. The Kier molecular flexibility index (Phi) is 5.74. The van der Waals surface area contributed by atoms with E-state index in [4.69, 9.17) is 9.72 Å². The molecule has 1 aliphatic rings. The number of carbonyl (C=O) groups is 1. The zero-order valence-electron chi connectivity index (χ0n) is 16.5. The fraction of sp³-hybridized carbons (Fsp3) is 0.391. The van der Waals surface area contributed by atoms with Crippen molar-refractivity contribution in [3.8, 4) is 10.6 Å². The largest absolute Gasteiger partial charge is 0.376 e. The molecule has 0 spiro atoms. The van der Waals surface area contributed by atoms with Crippen LogP contribution in [-0.4, -0.2) is 35.0 Å². The van der Waals surface area contributed by atoms with Crippen LogP contribution >= 0.6 is 11.3 Å². The molecule has 0 N–H and O–H groups in total. The zero-order valence-corrected chi connectivity index (χ0v) is 17.3. The van der Waals surface area contributed by atoms with Crippen LogP contribution in [0.2, 0.25) is 0 Å². The van der Waals surface area contributed by atoms with Gasteiger partial charge in [-0.2, -0.15) is 0 Å². The number of aryl methyl sites for hydroxylation is 1. The summed E-state index contributed by atoms with van der Waals surface area (Å²) >= 11 is 1.69. The van der Waals surface area contributed by atoms with Crippen molar-refractivity contribution in [2.45, 2.75) is 45.8 Å². The first-order valence-electron chi connectivity index (χ1n) is 9.97. The Bertz CT molecular complexity index is 962. The van der Waals surface area contributed by atoms with Gasteiger partial charge in [-0.1, -0.05) is 25.1 Å². The molecule has 28 heavy (non-hydrogen) atoms. The number of rotatable bonds is 6. The quantitative estimate of drug-likeness (QED) is 0.578. The van der Waals surface area contributed by atoms with Crippen LogP contribution in [0.25, 0.3) is 21.5 Å². The van der Waals surface area contributed by atoms with Gasteiger partial charge in [-0.15, -0.1) is 11.3 Å². The molecule has 1 saturated heterocycles. The third kappa shape index (κ3) is 4.10. The number of aromatic nitrogens is 1. The molecular formula is C23H26N2O2S. The van der Waals surface area contributed by atoms with Gasteiger partial charge in [0.1, 0.15) is 0 Å². The number of nitrogens with zero attached hydrogens (tertiary/aromatic N) is 2. The number of benzene rings is 1. The van der Waals surface area contributed by atoms with Crippen molar-refractivity contribution in [1.29, 1.82) is 0 Å². The van der Waals surface area contributed by atoms with E-state index >= 15 is 0 Å². The van der Waals surface area contributed by atoms with Gasteiger partial charge in [0, 0.05) is 31.5 Å². The van der Waals surface area contributed by atoms with E-state index in [0.717, 1.165) is 46.5 Å². The Morgan fingerprint density at radius 1 is 1.32 bits per heavy atom. The summed E-state index contributed by atoms with van der Waals surface area (Å²) in [4.78, 5) is 20.7. The first kappa shape index (κ1) is 19.1. The van der Waals surface area contributed by atoms with Crippen molar-refractivity contribution in [3.05, 3.63) is 52.9 Å². The number of hydrogen-bond donors (Lipinski definition) is 0. The number of carbonyl (C=O) groups excluding carboxylic acids is 1. The Balaban J connectivity index is 1.73. The van der Waals surface area contributed by atoms with Crippen LogP contribution in [0, 0.1) is 6.92 Å². The minimum Gasteiger partial charge on any atom is -0.376 e. The lowest BCUT2D eigenvalue weighted by Crippen LogP contribution is -2.36. The summed E-state index contributed by atoms with van der Waals surface area (Å²) in [6.45, 7) is 6.03. The van der Waals surface area contributed by atoms with Crippen molar-refractivity contribution in [1.82, 2.24) is 9.88 Å². The van der Waals surface area contributed by atoms with Gasteiger partial charge in [0.25, 0.3) is 0 Å². The molecular weight excluding hydrogens is 368 g/mol. The smallest absolute Gasteiger partial charge is 0.222 e. The summed E-state index contributed by atoms with van der Waals surface area (Å²) in [5, 5.41) is 3.18. The molecule has 1 atom stereocenters. The SMILES string of the molecule is CCC(=O)N(Cc1cc2ccc(C)cc2nc1-c1cccs1)CC1CCCO1. The molecule has 1 fully saturated rings. The van der Waals surface area contributed by atoms with E-state index < -0.39 is 0 Å². The topological polar surface area (TPSA) is 42.4 Å². The minimum absolute atomic E-state index is 0.150. The molecule has 4 rings (SSSR count). The first-order valence-corrected chi connectivity index (χ1v) is 10.9. The van der Waals surface area contributed by atoms with Gasteiger partial charge >= 0.3 is 0 Å². The Morgan fingerprint density at radius 2 is 2.21 bits per heavy atom. The van der Waals surface area contributed by atoms with E-state index in [1.807, 2.05) is 17.9 Å². The summed E-state index contributed by atoms with van der Waals surface area (Å²) in [6.07, 6.45) is 2.76. The van der Waals surface area contributed by atoms with Gasteiger partial charge in [0.15, 0.2) is 0 Å². The standard InChI is InChI=1S/C23H26N2O2S/c1-3-22(26)25(15-19-6-4-10-27-19)14-18-13-17-9-8-16(2)12-20(17)24-23(18)21-7-5-11-28-21/h5,7-9,11-13,19H,3-4,6,10,14-15H2,1-2H3. The third-order valence-electron chi connectivity index (χ3n) is 5.27. The van der Waals surface area contributed by atoms with E-state index in [1.165, 1.54) is 5.56 Å². The number of amides is 1. The molecule has 0 radical (unpaired) electrons. The zero-order chi connectivity index (χ0) is 19.5. The molecule has 2 aromatic heterocycles. The lowest BCUT2D eigenvalue weighted by Gasteiger charge is -2.26. The van der Waals surface area contributed by atoms with E-state index in [9.17, 15) is 4.79 Å². The predicted molar refractivity (Wildman–Crippen MR) is 114 cm³/mol. The lowest BCUT2D eigenvalue weighted by atomic mass is 10.1. The molecule has 1 aliphatic heterocycles. The molecule has 0 saturated carbocycles. The van der Waals surface area contributed by atoms with Crippen LogP contribution in [0.3, 0.4) is 0 Å². The molecule has 3 aromatic rings. The summed E-state index contributed by atoms with van der Waals surface area (Å²) < 4.78 is 5.79. The highest BCUT2D eigenvalue weighted by Gasteiger charge is 2.23. The highest BCUT2D eigenvalue weighted by Crippen LogP contribution is 2.31. The maximum atomic E-state index is 12.7. The van der Waals surface area contributed by atoms with E-state index in [1.54, 1.807) is 11.3 Å². The number of pyridine rings is 1. The lowest BCUT2D eigenvalue weighted by molar-refractivity contribution is -0.133. The average molecular weight is 395 g/mol. The summed E-state index contributed by atoms with van der Waals surface area (Å²) in [7, 11) is 0. The van der Waals surface area contributed by atoms with Crippen LogP contribution in [0.5, 0.6) is 0 Å². The number of ether oxygens (including phenoxy) is 1. The summed E-state index contributed by atoms with van der Waals surface area (Å²) in [5.41, 5.74) is 4.28. The average Bonchev–Trinajstić information content (AvgIpc) is 3.40. The van der Waals surface area contributed by atoms with Crippen molar-refractivity contribution < 1.29 is 9.53 Å². The van der Waals surface area contributed by atoms with Crippen LogP contribution < -0.4 is 0 Å².